The van der Waals surface area contributed by atoms with Gasteiger partial charge in [-0.15, -0.1) is 0 Å². The van der Waals surface area contributed by atoms with E-state index < -0.39 is 0 Å². The summed E-state index contributed by atoms with van der Waals surface area (Å²) < 4.78 is 5.28. The van der Waals surface area contributed by atoms with E-state index in [0.29, 0.717) is 12.6 Å². The van der Waals surface area contributed by atoms with Gasteiger partial charge in [0.05, 0.1) is 7.11 Å². The Labute approximate surface area is 136 Å². The topological polar surface area (TPSA) is 66.1 Å². The average Bonchev–Trinajstić information content (AvgIpc) is 2.98. The van der Waals surface area contributed by atoms with E-state index in [0.717, 1.165) is 35.9 Å². The minimum atomic E-state index is -0.0469. The van der Waals surface area contributed by atoms with Crippen LogP contribution in [0.2, 0.25) is 0 Å². The van der Waals surface area contributed by atoms with Crippen LogP contribution in [0.3, 0.4) is 0 Å². The Morgan fingerprint density at radius 3 is 2.91 bits per heavy atom. The van der Waals surface area contributed by atoms with Crippen molar-refractivity contribution in [2.45, 2.75) is 44.6 Å². The van der Waals surface area contributed by atoms with E-state index in [1.165, 1.54) is 24.8 Å². The fourth-order valence-electron chi connectivity index (χ4n) is 3.29. The third-order valence-corrected chi connectivity index (χ3v) is 4.59. The number of urea groups is 1. The Morgan fingerprint density at radius 1 is 1.30 bits per heavy atom. The standard InChI is InChI=1S/C18H25N3O2/c1-23-15-7-8-17-16(11-15)13(12-20-17)9-10-19-18(22)21-14-5-3-2-4-6-14/h7-8,11-12,14,20H,2-6,9-10H2,1H3,(H2,19,21,22). The lowest BCUT2D eigenvalue weighted by Gasteiger charge is -2.22. The number of methoxy groups -OCH3 is 1. The summed E-state index contributed by atoms with van der Waals surface area (Å²) in [7, 11) is 1.67. The van der Waals surface area contributed by atoms with Gasteiger partial charge in [-0.2, -0.15) is 0 Å². The molecule has 1 aliphatic carbocycles. The molecule has 3 N–H and O–H groups in total. The van der Waals surface area contributed by atoms with Crippen molar-refractivity contribution in [3.05, 3.63) is 30.0 Å². The number of amides is 2. The van der Waals surface area contributed by atoms with Crippen LogP contribution in [0.1, 0.15) is 37.7 Å². The number of nitrogens with one attached hydrogen (secondary N) is 3. The fourth-order valence-corrected chi connectivity index (χ4v) is 3.29. The van der Waals surface area contributed by atoms with Crippen molar-refractivity contribution in [1.82, 2.24) is 15.6 Å². The maximum absolute atomic E-state index is 12.0. The number of rotatable bonds is 5. The molecule has 0 spiro atoms. The third kappa shape index (κ3) is 3.97. The summed E-state index contributed by atoms with van der Waals surface area (Å²) in [6.07, 6.45) is 8.76. The van der Waals surface area contributed by atoms with E-state index in [1.54, 1.807) is 7.11 Å². The molecule has 2 aromatic rings. The summed E-state index contributed by atoms with van der Waals surface area (Å²) in [6.45, 7) is 0.628. The Kier molecular flexibility index (Phi) is 5.05. The van der Waals surface area contributed by atoms with Gasteiger partial charge in [0.15, 0.2) is 0 Å². The molecular weight excluding hydrogens is 290 g/mol. The molecular formula is C18H25N3O2. The highest BCUT2D eigenvalue weighted by Crippen LogP contribution is 2.23. The second-order valence-electron chi connectivity index (χ2n) is 6.21. The molecule has 0 bridgehead atoms. The Bertz CT molecular complexity index is 659. The summed E-state index contributed by atoms with van der Waals surface area (Å²) in [6, 6.07) is 6.29. The molecule has 1 heterocycles. The van der Waals surface area contributed by atoms with E-state index >= 15 is 0 Å². The minimum Gasteiger partial charge on any atom is -0.497 e. The highest BCUT2D eigenvalue weighted by Gasteiger charge is 2.15. The Hall–Kier alpha value is -2.17. The number of carbonyl (C=O) groups is 1. The van der Waals surface area contributed by atoms with E-state index in [4.69, 9.17) is 4.74 Å². The van der Waals surface area contributed by atoms with Gasteiger partial charge in [-0.05, 0) is 43.0 Å². The molecule has 5 nitrogen and oxygen atoms in total. The van der Waals surface area contributed by atoms with Gasteiger partial charge < -0.3 is 20.4 Å². The molecule has 0 radical (unpaired) electrons. The van der Waals surface area contributed by atoms with E-state index in [9.17, 15) is 4.79 Å². The van der Waals surface area contributed by atoms with Gasteiger partial charge in [0.1, 0.15) is 5.75 Å². The third-order valence-electron chi connectivity index (χ3n) is 4.59. The number of fused-ring (bicyclic) bond motifs is 1. The maximum Gasteiger partial charge on any atom is 0.315 e. The van der Waals surface area contributed by atoms with Crippen LogP contribution in [0.5, 0.6) is 5.75 Å². The number of hydrogen-bond acceptors (Lipinski definition) is 2. The predicted octanol–water partition coefficient (Wildman–Crippen LogP) is 3.35. The van der Waals surface area contributed by atoms with Gasteiger partial charge >= 0.3 is 6.03 Å². The van der Waals surface area contributed by atoms with Crippen LogP contribution in [0.4, 0.5) is 4.79 Å². The first-order valence-corrected chi connectivity index (χ1v) is 8.44. The van der Waals surface area contributed by atoms with Crippen molar-refractivity contribution in [3.63, 3.8) is 0 Å². The average molecular weight is 315 g/mol. The van der Waals surface area contributed by atoms with Crippen molar-refractivity contribution >= 4 is 16.9 Å². The highest BCUT2D eigenvalue weighted by atomic mass is 16.5. The molecule has 23 heavy (non-hydrogen) atoms. The molecule has 1 aliphatic rings. The second kappa shape index (κ2) is 7.40. The molecule has 1 saturated carbocycles. The van der Waals surface area contributed by atoms with E-state index in [-0.39, 0.29) is 6.03 Å². The monoisotopic (exact) mass is 315 g/mol. The van der Waals surface area contributed by atoms with Crippen LogP contribution in [0, 0.1) is 0 Å². The maximum atomic E-state index is 12.0. The number of H-pyrrole nitrogens is 1. The van der Waals surface area contributed by atoms with E-state index in [1.807, 2.05) is 24.4 Å². The normalized spacial score (nSPS) is 15.5. The lowest BCUT2D eigenvalue weighted by atomic mass is 9.96. The Morgan fingerprint density at radius 2 is 2.13 bits per heavy atom. The van der Waals surface area contributed by atoms with Gasteiger partial charge in [-0.1, -0.05) is 19.3 Å². The largest absolute Gasteiger partial charge is 0.497 e. The van der Waals surface area contributed by atoms with Crippen molar-refractivity contribution in [2.24, 2.45) is 0 Å². The van der Waals surface area contributed by atoms with Crippen molar-refractivity contribution in [3.8, 4) is 5.75 Å². The summed E-state index contributed by atoms with van der Waals surface area (Å²) in [5.41, 5.74) is 2.28. The SMILES string of the molecule is COc1ccc2[nH]cc(CCNC(=O)NC3CCCCC3)c2c1. The molecule has 0 aliphatic heterocycles. The van der Waals surface area contributed by atoms with Gasteiger partial charge in [0, 0.05) is 29.7 Å². The lowest BCUT2D eigenvalue weighted by molar-refractivity contribution is 0.233. The summed E-state index contributed by atoms with van der Waals surface area (Å²) in [4.78, 5) is 15.2. The van der Waals surface area contributed by atoms with E-state index in [2.05, 4.69) is 15.6 Å². The highest BCUT2D eigenvalue weighted by molar-refractivity contribution is 5.84. The van der Waals surface area contributed by atoms with Crippen molar-refractivity contribution in [2.75, 3.05) is 13.7 Å². The zero-order valence-corrected chi connectivity index (χ0v) is 13.7. The molecule has 1 fully saturated rings. The smallest absolute Gasteiger partial charge is 0.315 e. The molecule has 0 unspecified atom stereocenters. The molecule has 1 aromatic heterocycles. The summed E-state index contributed by atoms with van der Waals surface area (Å²) >= 11 is 0. The first kappa shape index (κ1) is 15.7. The summed E-state index contributed by atoms with van der Waals surface area (Å²) in [5, 5.41) is 7.19. The molecule has 0 atom stereocenters. The van der Waals surface area contributed by atoms with Gasteiger partial charge in [-0.25, -0.2) is 4.79 Å². The quantitative estimate of drug-likeness (QED) is 0.792. The first-order chi connectivity index (χ1) is 11.3. The molecule has 3 rings (SSSR count). The van der Waals surface area contributed by atoms with Crippen LogP contribution in [-0.4, -0.2) is 30.7 Å². The minimum absolute atomic E-state index is 0.0469. The van der Waals surface area contributed by atoms with Crippen molar-refractivity contribution < 1.29 is 9.53 Å². The van der Waals surface area contributed by atoms with Gasteiger partial charge in [0.2, 0.25) is 0 Å². The van der Waals surface area contributed by atoms with Crippen LogP contribution >= 0.6 is 0 Å². The second-order valence-corrected chi connectivity index (χ2v) is 6.21. The van der Waals surface area contributed by atoms with Crippen LogP contribution < -0.4 is 15.4 Å². The first-order valence-electron chi connectivity index (χ1n) is 8.44. The molecule has 124 valence electrons. The molecule has 0 saturated heterocycles. The number of hydrogen-bond donors (Lipinski definition) is 3. The molecule has 5 heteroatoms. The summed E-state index contributed by atoms with van der Waals surface area (Å²) in [5.74, 6) is 0.848. The van der Waals surface area contributed by atoms with Gasteiger partial charge in [-0.3, -0.25) is 0 Å². The fraction of sp³-hybridized carbons (Fsp3) is 0.500. The lowest BCUT2D eigenvalue weighted by Crippen LogP contribution is -2.43. The van der Waals surface area contributed by atoms with Crippen molar-refractivity contribution in [1.29, 1.82) is 0 Å². The number of ether oxygens (including phenoxy) is 1. The van der Waals surface area contributed by atoms with Gasteiger partial charge in [0.25, 0.3) is 0 Å². The molecule has 2 amide bonds. The predicted molar refractivity (Wildman–Crippen MR) is 92.0 cm³/mol. The number of aromatic amines is 1. The Balaban J connectivity index is 1.51. The van der Waals surface area contributed by atoms with Crippen LogP contribution in [0.15, 0.2) is 24.4 Å². The zero-order chi connectivity index (χ0) is 16.1. The number of benzene rings is 1. The zero-order valence-electron chi connectivity index (χ0n) is 13.7. The number of aromatic nitrogens is 1. The van der Waals surface area contributed by atoms with Crippen LogP contribution in [-0.2, 0) is 6.42 Å². The number of carbonyl (C=O) groups excluding carboxylic acids is 1. The van der Waals surface area contributed by atoms with Crippen LogP contribution in [0.25, 0.3) is 10.9 Å². The molecule has 1 aromatic carbocycles.